The highest BCUT2D eigenvalue weighted by atomic mass is 79.9. The topological polar surface area (TPSA) is 28.2 Å². The molecule has 0 saturated carbocycles. The Balaban J connectivity index is 2.17. The number of nitrogens with one attached hydrogen (secondary N) is 1. The summed E-state index contributed by atoms with van der Waals surface area (Å²) in [7, 11) is 3.90. The molecule has 20 heavy (non-hydrogen) atoms. The number of anilines is 1. The number of hydrogen-bond donors (Lipinski definition) is 1. The van der Waals surface area contributed by atoms with E-state index in [0.29, 0.717) is 5.02 Å². The van der Waals surface area contributed by atoms with Crippen molar-refractivity contribution in [2.75, 3.05) is 19.0 Å². The van der Waals surface area contributed by atoms with E-state index in [1.165, 1.54) is 5.56 Å². The number of nitrogens with zero attached hydrogens (tertiary/aromatic N) is 2. The predicted octanol–water partition coefficient (Wildman–Crippen LogP) is 3.85. The minimum atomic E-state index is 0.673. The molecule has 0 saturated heterocycles. The summed E-state index contributed by atoms with van der Waals surface area (Å²) in [4.78, 5) is 6.51. The lowest BCUT2D eigenvalue weighted by atomic mass is 10.2. The summed E-state index contributed by atoms with van der Waals surface area (Å²) in [5, 5.41) is 3.76. The Morgan fingerprint density at radius 1 is 1.35 bits per heavy atom. The van der Waals surface area contributed by atoms with Crippen LogP contribution < -0.4 is 10.2 Å². The average Bonchev–Trinajstić information content (AvgIpc) is 2.42. The summed E-state index contributed by atoms with van der Waals surface area (Å²) in [6.07, 6.45) is 1.86. The summed E-state index contributed by atoms with van der Waals surface area (Å²) in [5.74, 6) is 0.794. The molecular weight excluding hydrogens is 338 g/mol. The van der Waals surface area contributed by atoms with Crippen molar-refractivity contribution in [1.29, 1.82) is 0 Å². The molecule has 106 valence electrons. The highest BCUT2D eigenvalue weighted by Gasteiger charge is 2.10. The van der Waals surface area contributed by atoms with Gasteiger partial charge in [-0.3, -0.25) is 0 Å². The first kappa shape index (κ1) is 15.3. The van der Waals surface area contributed by atoms with E-state index < -0.39 is 0 Å². The van der Waals surface area contributed by atoms with Crippen LogP contribution in [0.3, 0.4) is 0 Å². The summed E-state index contributed by atoms with van der Waals surface area (Å²) in [6, 6.07) is 10.1. The summed E-state index contributed by atoms with van der Waals surface area (Å²) in [6.45, 7) is 1.51. The van der Waals surface area contributed by atoms with Gasteiger partial charge in [-0.25, -0.2) is 4.98 Å². The van der Waals surface area contributed by atoms with Crippen LogP contribution in [-0.2, 0) is 13.1 Å². The maximum absolute atomic E-state index is 6.32. The maximum Gasteiger partial charge on any atom is 0.147 e. The van der Waals surface area contributed by atoms with Gasteiger partial charge in [-0.1, -0.05) is 45.7 Å². The van der Waals surface area contributed by atoms with Gasteiger partial charge in [0.2, 0.25) is 0 Å². The predicted molar refractivity (Wildman–Crippen MR) is 88.3 cm³/mol. The Kier molecular flexibility index (Phi) is 5.40. The second-order valence-electron chi connectivity index (χ2n) is 4.63. The molecule has 1 N–H and O–H groups in total. The number of halogens is 2. The van der Waals surface area contributed by atoms with Gasteiger partial charge < -0.3 is 10.2 Å². The van der Waals surface area contributed by atoms with Gasteiger partial charge in [0.25, 0.3) is 0 Å². The molecule has 0 bridgehead atoms. The van der Waals surface area contributed by atoms with Gasteiger partial charge in [-0.15, -0.1) is 0 Å². The molecular formula is C15H17BrClN3. The molecule has 0 unspecified atom stereocenters. The molecule has 0 amide bonds. The molecule has 1 heterocycles. The van der Waals surface area contributed by atoms with Gasteiger partial charge in [-0.05, 0) is 30.3 Å². The van der Waals surface area contributed by atoms with Crippen LogP contribution in [-0.4, -0.2) is 19.1 Å². The van der Waals surface area contributed by atoms with Crippen molar-refractivity contribution in [3.8, 4) is 0 Å². The van der Waals surface area contributed by atoms with Crippen LogP contribution in [0.2, 0.25) is 5.02 Å². The van der Waals surface area contributed by atoms with Crippen molar-refractivity contribution in [1.82, 2.24) is 10.3 Å². The number of aromatic nitrogens is 1. The van der Waals surface area contributed by atoms with Crippen LogP contribution in [0.1, 0.15) is 11.1 Å². The third kappa shape index (κ3) is 3.72. The van der Waals surface area contributed by atoms with Crippen molar-refractivity contribution in [3.05, 3.63) is 57.2 Å². The molecule has 0 aliphatic carbocycles. The Hall–Kier alpha value is -1.10. The standard InChI is InChI=1S/C15H17BrClN3/c1-18-8-11-7-14(17)15(19-9-11)20(2)10-12-5-3-4-6-13(12)16/h3-7,9,18H,8,10H2,1-2H3. The van der Waals surface area contributed by atoms with Crippen molar-refractivity contribution < 1.29 is 0 Å². The first-order valence-corrected chi connectivity index (χ1v) is 7.52. The molecule has 0 spiro atoms. The maximum atomic E-state index is 6.32. The lowest BCUT2D eigenvalue weighted by Gasteiger charge is -2.20. The van der Waals surface area contributed by atoms with Gasteiger partial charge >= 0.3 is 0 Å². The fourth-order valence-electron chi connectivity index (χ4n) is 2.01. The van der Waals surface area contributed by atoms with Gasteiger partial charge in [0.1, 0.15) is 5.82 Å². The Morgan fingerprint density at radius 3 is 2.75 bits per heavy atom. The highest BCUT2D eigenvalue weighted by Crippen LogP contribution is 2.26. The minimum Gasteiger partial charge on any atom is -0.354 e. The fraction of sp³-hybridized carbons (Fsp3) is 0.267. The second kappa shape index (κ2) is 7.07. The van der Waals surface area contributed by atoms with Crippen molar-refractivity contribution in [2.24, 2.45) is 0 Å². The fourth-order valence-corrected chi connectivity index (χ4v) is 2.75. The second-order valence-corrected chi connectivity index (χ2v) is 5.89. The van der Waals surface area contributed by atoms with Gasteiger partial charge in [0.05, 0.1) is 5.02 Å². The molecule has 2 aromatic rings. The SMILES string of the molecule is CNCc1cnc(N(C)Cc2ccccc2Br)c(Cl)c1. The van der Waals surface area contributed by atoms with Gasteiger partial charge in [0, 0.05) is 30.8 Å². The van der Waals surface area contributed by atoms with E-state index in [-0.39, 0.29) is 0 Å². The summed E-state index contributed by atoms with van der Waals surface area (Å²) < 4.78 is 1.09. The zero-order chi connectivity index (χ0) is 14.5. The Morgan fingerprint density at radius 2 is 2.10 bits per heavy atom. The van der Waals surface area contributed by atoms with Crippen LogP contribution in [0.25, 0.3) is 0 Å². The largest absolute Gasteiger partial charge is 0.354 e. The summed E-state index contributed by atoms with van der Waals surface area (Å²) in [5.41, 5.74) is 2.28. The van der Waals surface area contributed by atoms with E-state index >= 15 is 0 Å². The normalized spacial score (nSPS) is 10.6. The van der Waals surface area contributed by atoms with Gasteiger partial charge in [0.15, 0.2) is 0 Å². The molecule has 5 heteroatoms. The van der Waals surface area contributed by atoms with Crippen LogP contribution in [0.4, 0.5) is 5.82 Å². The summed E-state index contributed by atoms with van der Waals surface area (Å²) >= 11 is 9.88. The quantitative estimate of drug-likeness (QED) is 0.884. The van der Waals surface area contributed by atoms with Crippen LogP contribution >= 0.6 is 27.5 Å². The van der Waals surface area contributed by atoms with Crippen LogP contribution in [0, 0.1) is 0 Å². The van der Waals surface area contributed by atoms with E-state index in [9.17, 15) is 0 Å². The van der Waals surface area contributed by atoms with Crippen molar-refractivity contribution in [3.63, 3.8) is 0 Å². The van der Waals surface area contributed by atoms with Crippen molar-refractivity contribution in [2.45, 2.75) is 13.1 Å². The zero-order valence-electron chi connectivity index (χ0n) is 11.5. The van der Waals surface area contributed by atoms with Crippen molar-refractivity contribution >= 4 is 33.3 Å². The number of benzene rings is 1. The smallest absolute Gasteiger partial charge is 0.147 e. The first-order chi connectivity index (χ1) is 9.61. The molecule has 1 aromatic heterocycles. The third-order valence-electron chi connectivity index (χ3n) is 2.99. The monoisotopic (exact) mass is 353 g/mol. The zero-order valence-corrected chi connectivity index (χ0v) is 13.9. The van der Waals surface area contributed by atoms with Crippen LogP contribution in [0.5, 0.6) is 0 Å². The third-order valence-corrected chi connectivity index (χ3v) is 4.04. The minimum absolute atomic E-state index is 0.673. The van der Waals surface area contributed by atoms with Gasteiger partial charge in [-0.2, -0.15) is 0 Å². The molecule has 0 atom stereocenters. The molecule has 0 aliphatic rings. The van der Waals surface area contributed by atoms with E-state index in [4.69, 9.17) is 11.6 Å². The molecule has 2 rings (SSSR count). The Labute approximate surface area is 133 Å². The molecule has 0 fully saturated rings. The average molecular weight is 355 g/mol. The lowest BCUT2D eigenvalue weighted by Crippen LogP contribution is -2.18. The number of pyridine rings is 1. The van der Waals surface area contributed by atoms with E-state index in [1.54, 1.807) is 0 Å². The Bertz CT molecular complexity index is 589. The number of hydrogen-bond acceptors (Lipinski definition) is 3. The number of rotatable bonds is 5. The van der Waals surface area contributed by atoms with E-state index in [2.05, 4.69) is 32.3 Å². The molecule has 0 aliphatic heterocycles. The van der Waals surface area contributed by atoms with Crippen LogP contribution in [0.15, 0.2) is 41.0 Å². The first-order valence-electron chi connectivity index (χ1n) is 6.35. The highest BCUT2D eigenvalue weighted by molar-refractivity contribution is 9.10. The van der Waals surface area contributed by atoms with E-state index in [0.717, 1.165) is 28.9 Å². The lowest BCUT2D eigenvalue weighted by molar-refractivity contribution is 0.810. The molecule has 3 nitrogen and oxygen atoms in total. The molecule has 0 radical (unpaired) electrons. The molecule has 1 aromatic carbocycles. The van der Waals surface area contributed by atoms with E-state index in [1.807, 2.05) is 49.5 Å².